The van der Waals surface area contributed by atoms with Gasteiger partial charge >= 0.3 is 0 Å². The molecule has 106 valence electrons. The van der Waals surface area contributed by atoms with Crippen LogP contribution < -0.4 is 4.74 Å². The van der Waals surface area contributed by atoms with Crippen molar-refractivity contribution < 1.29 is 17.5 Å². The molecule has 0 amide bonds. The monoisotopic (exact) mass is 314 g/mol. The Morgan fingerprint density at radius 3 is 2.40 bits per heavy atom. The summed E-state index contributed by atoms with van der Waals surface area (Å²) in [6.07, 6.45) is 0.679. The van der Waals surface area contributed by atoms with Crippen LogP contribution in [0.5, 0.6) is 5.75 Å². The van der Waals surface area contributed by atoms with Gasteiger partial charge in [-0.15, -0.1) is 0 Å². The predicted octanol–water partition coefficient (Wildman–Crippen LogP) is 3.37. The van der Waals surface area contributed by atoms with Gasteiger partial charge in [-0.25, -0.2) is 12.8 Å². The van der Waals surface area contributed by atoms with Gasteiger partial charge in [0.15, 0.2) is 0 Å². The number of hydrogen-bond acceptors (Lipinski definition) is 3. The first kappa shape index (κ1) is 14.8. The standard InChI is InChI=1S/C14H12ClFO3S/c15-20(17,18)14-7-6-12(10-13(14)16)19-9-8-11-4-2-1-3-5-11/h1-7,10H,8-9H2. The van der Waals surface area contributed by atoms with E-state index in [4.69, 9.17) is 15.4 Å². The molecule has 20 heavy (non-hydrogen) atoms. The number of benzene rings is 2. The molecule has 6 heteroatoms. The van der Waals surface area contributed by atoms with Crippen LogP contribution in [-0.4, -0.2) is 15.0 Å². The second-order valence-electron chi connectivity index (χ2n) is 4.11. The van der Waals surface area contributed by atoms with Crippen LogP contribution in [0.15, 0.2) is 53.4 Å². The van der Waals surface area contributed by atoms with Crippen LogP contribution in [0, 0.1) is 5.82 Å². The Morgan fingerprint density at radius 2 is 1.80 bits per heavy atom. The van der Waals surface area contributed by atoms with Gasteiger partial charge in [0, 0.05) is 23.2 Å². The highest BCUT2D eigenvalue weighted by atomic mass is 35.7. The predicted molar refractivity (Wildman–Crippen MR) is 75.1 cm³/mol. The molecule has 0 bridgehead atoms. The number of rotatable bonds is 5. The summed E-state index contributed by atoms with van der Waals surface area (Å²) in [6, 6.07) is 13.2. The van der Waals surface area contributed by atoms with Crippen LogP contribution in [-0.2, 0) is 15.5 Å². The zero-order valence-corrected chi connectivity index (χ0v) is 12.0. The summed E-state index contributed by atoms with van der Waals surface area (Å²) in [5.74, 6) is -0.653. The first-order chi connectivity index (χ1) is 9.47. The lowest BCUT2D eigenvalue weighted by Gasteiger charge is -2.07. The molecule has 0 spiro atoms. The molecule has 0 atom stereocenters. The SMILES string of the molecule is O=S(=O)(Cl)c1ccc(OCCc2ccccc2)cc1F. The molecule has 0 radical (unpaired) electrons. The third-order valence-electron chi connectivity index (χ3n) is 2.67. The van der Waals surface area contributed by atoms with E-state index in [9.17, 15) is 12.8 Å². The maximum atomic E-state index is 13.6. The zero-order chi connectivity index (χ0) is 14.6. The van der Waals surface area contributed by atoms with Crippen molar-refractivity contribution >= 4 is 19.7 Å². The average molecular weight is 315 g/mol. The topological polar surface area (TPSA) is 43.4 Å². The Hall–Kier alpha value is -1.59. The van der Waals surface area contributed by atoms with E-state index in [1.165, 1.54) is 6.07 Å². The molecule has 2 aromatic carbocycles. The minimum atomic E-state index is -4.07. The smallest absolute Gasteiger partial charge is 0.264 e. The third kappa shape index (κ3) is 3.95. The largest absolute Gasteiger partial charge is 0.493 e. The molecule has 0 saturated carbocycles. The Bertz CT molecular complexity index is 687. The Balaban J connectivity index is 1.99. The van der Waals surface area contributed by atoms with E-state index in [0.717, 1.165) is 17.7 Å². The summed E-state index contributed by atoms with van der Waals surface area (Å²) < 4.78 is 41.0. The van der Waals surface area contributed by atoms with Crippen LogP contribution in [0.25, 0.3) is 0 Å². The van der Waals surface area contributed by atoms with Gasteiger partial charge in [-0.05, 0) is 17.7 Å². The lowest BCUT2D eigenvalue weighted by Crippen LogP contribution is -2.02. The highest BCUT2D eigenvalue weighted by molar-refractivity contribution is 8.13. The molecule has 0 saturated heterocycles. The van der Waals surface area contributed by atoms with Crippen LogP contribution in [0.1, 0.15) is 5.56 Å². The van der Waals surface area contributed by atoms with Gasteiger partial charge in [0.2, 0.25) is 0 Å². The van der Waals surface area contributed by atoms with Crippen molar-refractivity contribution in [3.05, 3.63) is 59.9 Å². The molecule has 0 aliphatic rings. The van der Waals surface area contributed by atoms with Crippen molar-refractivity contribution in [2.24, 2.45) is 0 Å². The maximum Gasteiger partial charge on any atom is 0.264 e. The highest BCUT2D eigenvalue weighted by Gasteiger charge is 2.16. The summed E-state index contributed by atoms with van der Waals surface area (Å²) in [5, 5.41) is 0. The fourth-order valence-electron chi connectivity index (χ4n) is 1.70. The van der Waals surface area contributed by atoms with Crippen LogP contribution in [0.2, 0.25) is 0 Å². The molecule has 2 rings (SSSR count). The van der Waals surface area contributed by atoms with Crippen LogP contribution in [0.3, 0.4) is 0 Å². The van der Waals surface area contributed by atoms with Gasteiger partial charge in [0.1, 0.15) is 16.5 Å². The fourth-order valence-corrected chi connectivity index (χ4v) is 2.60. The zero-order valence-electron chi connectivity index (χ0n) is 10.4. The van der Waals surface area contributed by atoms with Gasteiger partial charge in [-0.1, -0.05) is 30.3 Å². The van der Waals surface area contributed by atoms with Crippen molar-refractivity contribution in [2.45, 2.75) is 11.3 Å². The van der Waals surface area contributed by atoms with Crippen molar-refractivity contribution in [2.75, 3.05) is 6.61 Å². The molecule has 0 heterocycles. The molecule has 0 fully saturated rings. The summed E-state index contributed by atoms with van der Waals surface area (Å²) in [6.45, 7) is 0.371. The Labute approximate surface area is 121 Å². The molecular weight excluding hydrogens is 303 g/mol. The summed E-state index contributed by atoms with van der Waals surface area (Å²) in [5.41, 5.74) is 1.10. The van der Waals surface area contributed by atoms with E-state index in [2.05, 4.69) is 0 Å². The van der Waals surface area contributed by atoms with Gasteiger partial charge in [-0.3, -0.25) is 0 Å². The van der Waals surface area contributed by atoms with E-state index in [1.54, 1.807) is 0 Å². The van der Waals surface area contributed by atoms with Crippen LogP contribution in [0.4, 0.5) is 4.39 Å². The Kier molecular flexibility index (Phi) is 4.62. The lowest BCUT2D eigenvalue weighted by molar-refractivity contribution is 0.319. The normalized spacial score (nSPS) is 11.3. The molecular formula is C14H12ClFO3S. The highest BCUT2D eigenvalue weighted by Crippen LogP contribution is 2.23. The van der Waals surface area contributed by atoms with E-state index >= 15 is 0 Å². The van der Waals surface area contributed by atoms with E-state index < -0.39 is 19.8 Å². The van der Waals surface area contributed by atoms with Crippen LogP contribution >= 0.6 is 10.7 Å². The number of halogens is 2. The Morgan fingerprint density at radius 1 is 1.10 bits per heavy atom. The van der Waals surface area contributed by atoms with E-state index in [-0.39, 0.29) is 5.75 Å². The molecule has 0 aliphatic carbocycles. The van der Waals surface area contributed by atoms with Gasteiger partial charge in [-0.2, -0.15) is 0 Å². The van der Waals surface area contributed by atoms with E-state index in [0.29, 0.717) is 13.0 Å². The lowest BCUT2D eigenvalue weighted by atomic mass is 10.2. The summed E-state index contributed by atoms with van der Waals surface area (Å²) >= 11 is 0. The maximum absolute atomic E-state index is 13.6. The first-order valence-corrected chi connectivity index (χ1v) is 8.19. The van der Waals surface area contributed by atoms with E-state index in [1.807, 2.05) is 30.3 Å². The third-order valence-corrected chi connectivity index (χ3v) is 4.02. The quantitative estimate of drug-likeness (QED) is 0.795. The molecule has 0 unspecified atom stereocenters. The van der Waals surface area contributed by atoms with Crippen molar-refractivity contribution in [1.29, 1.82) is 0 Å². The van der Waals surface area contributed by atoms with Crippen molar-refractivity contribution in [3.8, 4) is 5.75 Å². The average Bonchev–Trinajstić information content (AvgIpc) is 2.38. The summed E-state index contributed by atoms with van der Waals surface area (Å²) in [4.78, 5) is -0.547. The van der Waals surface area contributed by atoms with Gasteiger partial charge in [0.25, 0.3) is 9.05 Å². The molecule has 2 aromatic rings. The molecule has 0 N–H and O–H groups in total. The van der Waals surface area contributed by atoms with Gasteiger partial charge < -0.3 is 4.74 Å². The summed E-state index contributed by atoms with van der Waals surface area (Å²) in [7, 11) is 1.02. The number of ether oxygens (including phenoxy) is 1. The second-order valence-corrected chi connectivity index (χ2v) is 6.65. The first-order valence-electron chi connectivity index (χ1n) is 5.88. The van der Waals surface area contributed by atoms with Gasteiger partial charge in [0.05, 0.1) is 6.61 Å². The minimum absolute atomic E-state index is 0.266. The fraction of sp³-hybridized carbons (Fsp3) is 0.143. The molecule has 0 aliphatic heterocycles. The minimum Gasteiger partial charge on any atom is -0.493 e. The second kappa shape index (κ2) is 6.24. The van der Waals surface area contributed by atoms with Crippen molar-refractivity contribution in [3.63, 3.8) is 0 Å². The number of hydrogen-bond donors (Lipinski definition) is 0. The molecule has 3 nitrogen and oxygen atoms in total. The van der Waals surface area contributed by atoms with Crippen molar-refractivity contribution in [1.82, 2.24) is 0 Å². The molecule has 0 aromatic heterocycles.